The number of carbonyl (C=O) groups excluding carboxylic acids is 2. The van der Waals surface area contributed by atoms with Gasteiger partial charge in [0.15, 0.2) is 0 Å². The number of rotatable bonds is 6. The van der Waals surface area contributed by atoms with E-state index >= 15 is 0 Å². The van der Waals surface area contributed by atoms with Crippen molar-refractivity contribution in [2.24, 2.45) is 0 Å². The van der Waals surface area contributed by atoms with Gasteiger partial charge in [0.05, 0.1) is 18.4 Å². The number of benzene rings is 2. The number of hydrogen-bond donors (Lipinski definition) is 1. The fourth-order valence-electron chi connectivity index (χ4n) is 2.61. The van der Waals surface area contributed by atoms with Crippen molar-refractivity contribution in [2.45, 2.75) is 19.1 Å². The van der Waals surface area contributed by atoms with E-state index in [1.165, 1.54) is 7.11 Å². The van der Waals surface area contributed by atoms with Crippen LogP contribution >= 0.6 is 11.8 Å². The quantitative estimate of drug-likeness (QED) is 0.498. The summed E-state index contributed by atoms with van der Waals surface area (Å²) in [5.74, 6) is -0.104. The summed E-state index contributed by atoms with van der Waals surface area (Å²) in [5, 5.41) is 11.1. The first-order valence-corrected chi connectivity index (χ1v) is 9.46. The lowest BCUT2D eigenvalue weighted by Gasteiger charge is -2.05. The summed E-state index contributed by atoms with van der Waals surface area (Å²) in [6, 6.07) is 12.5. The van der Waals surface area contributed by atoms with Gasteiger partial charge in [-0.1, -0.05) is 29.0 Å². The molecule has 1 N–H and O–H groups in total. The minimum Gasteiger partial charge on any atom is -0.465 e. The molecule has 7 nitrogen and oxygen atoms in total. The summed E-state index contributed by atoms with van der Waals surface area (Å²) in [6.07, 6.45) is 0. The second-order valence-electron chi connectivity index (χ2n) is 6.16. The van der Waals surface area contributed by atoms with Crippen molar-refractivity contribution >= 4 is 29.3 Å². The van der Waals surface area contributed by atoms with Gasteiger partial charge in [-0.2, -0.15) is 0 Å². The number of ether oxygens (including phenoxy) is 1. The van der Waals surface area contributed by atoms with Crippen molar-refractivity contribution in [2.75, 3.05) is 18.2 Å². The predicted molar refractivity (Wildman–Crippen MR) is 106 cm³/mol. The molecule has 0 saturated carbocycles. The number of nitrogens with one attached hydrogen (secondary N) is 1. The zero-order chi connectivity index (χ0) is 20.1. The molecule has 0 saturated heterocycles. The van der Waals surface area contributed by atoms with Gasteiger partial charge in [0, 0.05) is 11.3 Å². The zero-order valence-corrected chi connectivity index (χ0v) is 16.5. The van der Waals surface area contributed by atoms with Crippen LogP contribution in [0.15, 0.2) is 52.1 Å². The molecule has 0 aliphatic rings. The highest BCUT2D eigenvalue weighted by Gasteiger charge is 2.12. The summed E-state index contributed by atoms with van der Waals surface area (Å²) in [6.45, 7) is 4.01. The molecule has 0 bridgehead atoms. The predicted octanol–water partition coefficient (Wildman–Crippen LogP) is 3.87. The van der Waals surface area contributed by atoms with Gasteiger partial charge in [0.25, 0.3) is 5.22 Å². The van der Waals surface area contributed by atoms with E-state index < -0.39 is 5.97 Å². The largest absolute Gasteiger partial charge is 0.465 e. The van der Waals surface area contributed by atoms with E-state index in [9.17, 15) is 9.59 Å². The van der Waals surface area contributed by atoms with Crippen LogP contribution in [-0.2, 0) is 9.53 Å². The molecule has 0 fully saturated rings. The van der Waals surface area contributed by atoms with Gasteiger partial charge in [-0.25, -0.2) is 4.79 Å². The number of esters is 1. The highest BCUT2D eigenvalue weighted by Crippen LogP contribution is 2.25. The SMILES string of the molecule is COC(=O)c1ccc(NC(=O)CSc2nnc(-c3cc(C)cc(C)c3)o2)cc1. The fourth-order valence-corrected chi connectivity index (χ4v) is 3.18. The Bertz CT molecular complexity index is 979. The summed E-state index contributed by atoms with van der Waals surface area (Å²) < 4.78 is 10.3. The normalized spacial score (nSPS) is 10.5. The number of carbonyl (C=O) groups is 2. The van der Waals surface area contributed by atoms with Gasteiger partial charge in [-0.15, -0.1) is 10.2 Å². The molecule has 0 aliphatic carbocycles. The van der Waals surface area contributed by atoms with Gasteiger partial charge in [0.1, 0.15) is 0 Å². The minimum absolute atomic E-state index is 0.118. The van der Waals surface area contributed by atoms with E-state index in [4.69, 9.17) is 4.42 Å². The number of aromatic nitrogens is 2. The van der Waals surface area contributed by atoms with E-state index in [2.05, 4.69) is 26.3 Å². The second-order valence-corrected chi connectivity index (χ2v) is 7.08. The minimum atomic E-state index is -0.426. The Morgan fingerprint density at radius 3 is 2.39 bits per heavy atom. The first-order chi connectivity index (χ1) is 13.4. The first-order valence-electron chi connectivity index (χ1n) is 8.48. The number of methoxy groups -OCH3 is 1. The molecule has 28 heavy (non-hydrogen) atoms. The third kappa shape index (κ3) is 4.98. The van der Waals surface area contributed by atoms with Gasteiger partial charge in [0.2, 0.25) is 11.8 Å². The van der Waals surface area contributed by atoms with Gasteiger partial charge in [-0.3, -0.25) is 4.79 Å². The molecule has 8 heteroatoms. The number of aryl methyl sites for hydroxylation is 2. The molecule has 0 unspecified atom stereocenters. The van der Waals surface area contributed by atoms with E-state index in [0.717, 1.165) is 28.5 Å². The lowest BCUT2D eigenvalue weighted by atomic mass is 10.1. The van der Waals surface area contributed by atoms with Crippen molar-refractivity contribution in [3.8, 4) is 11.5 Å². The Labute approximate surface area is 166 Å². The Morgan fingerprint density at radius 2 is 1.75 bits per heavy atom. The summed E-state index contributed by atoms with van der Waals surface area (Å²) in [4.78, 5) is 23.5. The third-order valence-electron chi connectivity index (χ3n) is 3.79. The van der Waals surface area contributed by atoms with E-state index in [0.29, 0.717) is 22.4 Å². The van der Waals surface area contributed by atoms with Crippen LogP contribution in [0.1, 0.15) is 21.5 Å². The van der Waals surface area contributed by atoms with Crippen molar-refractivity contribution in [3.05, 3.63) is 59.2 Å². The molecule has 1 aromatic heterocycles. The molecule has 0 atom stereocenters. The van der Waals surface area contributed by atoms with Crippen molar-refractivity contribution in [1.29, 1.82) is 0 Å². The van der Waals surface area contributed by atoms with E-state index in [1.807, 2.05) is 26.0 Å². The van der Waals surface area contributed by atoms with Crippen LogP contribution in [0.5, 0.6) is 0 Å². The molecule has 144 valence electrons. The Kier molecular flexibility index (Phi) is 6.10. The zero-order valence-electron chi connectivity index (χ0n) is 15.7. The number of anilines is 1. The summed E-state index contributed by atoms with van der Waals surface area (Å²) in [7, 11) is 1.32. The molecule has 1 amide bonds. The van der Waals surface area contributed by atoms with E-state index in [-0.39, 0.29) is 11.7 Å². The fraction of sp³-hybridized carbons (Fsp3) is 0.200. The van der Waals surface area contributed by atoms with Crippen LogP contribution in [0.25, 0.3) is 11.5 Å². The third-order valence-corrected chi connectivity index (χ3v) is 4.61. The molecule has 0 spiro atoms. The molecule has 1 heterocycles. The Balaban J connectivity index is 1.56. The van der Waals surface area contributed by atoms with Gasteiger partial charge >= 0.3 is 5.97 Å². The Hall–Kier alpha value is -3.13. The van der Waals surface area contributed by atoms with Gasteiger partial charge in [-0.05, 0) is 50.2 Å². The van der Waals surface area contributed by atoms with Crippen molar-refractivity contribution < 1.29 is 18.7 Å². The van der Waals surface area contributed by atoms with Crippen molar-refractivity contribution in [1.82, 2.24) is 10.2 Å². The number of hydrogen-bond acceptors (Lipinski definition) is 7. The molecular formula is C20H19N3O4S. The molecule has 2 aromatic carbocycles. The number of nitrogens with zero attached hydrogens (tertiary/aromatic N) is 2. The van der Waals surface area contributed by atoms with Crippen LogP contribution in [-0.4, -0.2) is 34.9 Å². The standard InChI is InChI=1S/C20H19N3O4S/c1-12-8-13(2)10-15(9-12)18-22-23-20(27-18)28-11-17(24)21-16-6-4-14(5-7-16)19(25)26-3/h4-10H,11H2,1-3H3,(H,21,24). The van der Waals surface area contributed by atoms with Crippen LogP contribution in [0, 0.1) is 13.8 Å². The van der Waals surface area contributed by atoms with Crippen LogP contribution in [0.2, 0.25) is 0 Å². The Morgan fingerprint density at radius 1 is 1.07 bits per heavy atom. The first kappa shape index (κ1) is 19.6. The summed E-state index contributed by atoms with van der Waals surface area (Å²) in [5.41, 5.74) is 4.08. The second kappa shape index (κ2) is 8.71. The maximum absolute atomic E-state index is 12.1. The maximum atomic E-state index is 12.1. The molecule has 0 radical (unpaired) electrons. The average Bonchev–Trinajstić information content (AvgIpc) is 3.15. The highest BCUT2D eigenvalue weighted by atomic mass is 32.2. The van der Waals surface area contributed by atoms with Crippen molar-refractivity contribution in [3.63, 3.8) is 0 Å². The van der Waals surface area contributed by atoms with Crippen LogP contribution < -0.4 is 5.32 Å². The lowest BCUT2D eigenvalue weighted by molar-refractivity contribution is -0.113. The molecule has 3 rings (SSSR count). The topological polar surface area (TPSA) is 94.3 Å². The smallest absolute Gasteiger partial charge is 0.337 e. The average molecular weight is 397 g/mol. The lowest BCUT2D eigenvalue weighted by Crippen LogP contribution is -2.14. The molecule has 0 aliphatic heterocycles. The number of amides is 1. The summed E-state index contributed by atoms with van der Waals surface area (Å²) >= 11 is 1.16. The van der Waals surface area contributed by atoms with E-state index in [1.54, 1.807) is 24.3 Å². The monoisotopic (exact) mass is 397 g/mol. The van der Waals surface area contributed by atoms with Gasteiger partial charge < -0.3 is 14.5 Å². The number of thioether (sulfide) groups is 1. The highest BCUT2D eigenvalue weighted by molar-refractivity contribution is 7.99. The van der Waals surface area contributed by atoms with Crippen LogP contribution in [0.3, 0.4) is 0 Å². The maximum Gasteiger partial charge on any atom is 0.337 e. The molecular weight excluding hydrogens is 378 g/mol. The molecule has 3 aromatic rings. The van der Waals surface area contributed by atoms with Crippen LogP contribution in [0.4, 0.5) is 5.69 Å².